The van der Waals surface area contributed by atoms with E-state index >= 15 is 0 Å². The van der Waals surface area contributed by atoms with E-state index in [1.165, 1.54) is 17.5 Å². The van der Waals surface area contributed by atoms with Crippen LogP contribution in [0.2, 0.25) is 0 Å². The van der Waals surface area contributed by atoms with Crippen molar-refractivity contribution in [2.45, 2.75) is 38.6 Å². The molecule has 3 heteroatoms. The van der Waals surface area contributed by atoms with Crippen molar-refractivity contribution in [3.63, 3.8) is 0 Å². The summed E-state index contributed by atoms with van der Waals surface area (Å²) in [6, 6.07) is 8.83. The molecule has 0 fully saturated rings. The molecule has 98 valence electrons. The van der Waals surface area contributed by atoms with E-state index in [4.69, 9.17) is 0 Å². The molecule has 1 aliphatic rings. The molecule has 0 aromatic heterocycles. The highest BCUT2D eigenvalue weighted by Gasteiger charge is 2.24. The van der Waals surface area contributed by atoms with Crippen molar-refractivity contribution in [3.05, 3.63) is 35.4 Å². The van der Waals surface area contributed by atoms with Crippen molar-refractivity contribution in [2.75, 3.05) is 13.1 Å². The fourth-order valence-corrected chi connectivity index (χ4v) is 2.42. The van der Waals surface area contributed by atoms with E-state index in [-0.39, 0.29) is 11.9 Å². The smallest absolute Gasteiger partial charge is 0.221 e. The zero-order valence-corrected chi connectivity index (χ0v) is 11.2. The highest BCUT2D eigenvalue weighted by Crippen LogP contribution is 2.33. The number of rotatable bonds is 6. The summed E-state index contributed by atoms with van der Waals surface area (Å²) in [4.78, 5) is 11.4. The fourth-order valence-electron chi connectivity index (χ4n) is 2.42. The molecule has 3 nitrogen and oxygen atoms in total. The van der Waals surface area contributed by atoms with E-state index in [0.29, 0.717) is 12.3 Å². The van der Waals surface area contributed by atoms with Gasteiger partial charge in [-0.3, -0.25) is 4.79 Å². The summed E-state index contributed by atoms with van der Waals surface area (Å²) >= 11 is 0. The number of fused-ring (bicyclic) bond motifs is 1. The van der Waals surface area contributed by atoms with Gasteiger partial charge in [0.15, 0.2) is 0 Å². The molecule has 1 aliphatic carbocycles. The summed E-state index contributed by atoms with van der Waals surface area (Å²) < 4.78 is 0. The molecule has 1 aromatic carbocycles. The number of carbonyl (C=O) groups excluding carboxylic acids is 1. The molecule has 1 unspecified atom stereocenters. The first-order valence-electron chi connectivity index (χ1n) is 6.74. The van der Waals surface area contributed by atoms with Crippen LogP contribution in [0.1, 0.15) is 37.3 Å². The van der Waals surface area contributed by atoms with Gasteiger partial charge >= 0.3 is 0 Å². The van der Waals surface area contributed by atoms with Crippen LogP contribution < -0.4 is 10.6 Å². The van der Waals surface area contributed by atoms with Gasteiger partial charge in [-0.1, -0.05) is 24.3 Å². The van der Waals surface area contributed by atoms with Crippen LogP contribution in [0.15, 0.2) is 24.3 Å². The number of hydrogen-bond donors (Lipinski definition) is 2. The third-order valence-corrected chi connectivity index (χ3v) is 3.33. The minimum atomic E-state index is 0.131. The molecular weight excluding hydrogens is 224 g/mol. The Morgan fingerprint density at radius 1 is 1.39 bits per heavy atom. The largest absolute Gasteiger partial charge is 0.354 e. The highest BCUT2D eigenvalue weighted by atomic mass is 16.1. The lowest BCUT2D eigenvalue weighted by Gasteiger charge is -2.30. The maximum absolute atomic E-state index is 11.4. The monoisotopic (exact) mass is 246 g/mol. The number of hydrogen-bond acceptors (Lipinski definition) is 2. The molecule has 0 radical (unpaired) electrons. The van der Waals surface area contributed by atoms with Crippen LogP contribution in [-0.2, 0) is 11.2 Å². The van der Waals surface area contributed by atoms with Crippen LogP contribution in [0, 0.1) is 0 Å². The molecule has 0 spiro atoms. The lowest BCUT2D eigenvalue weighted by Crippen LogP contribution is -2.34. The van der Waals surface area contributed by atoms with Crippen molar-refractivity contribution in [3.8, 4) is 0 Å². The predicted octanol–water partition coefficient (Wildman–Crippen LogP) is 1.83. The van der Waals surface area contributed by atoms with Crippen LogP contribution in [-0.4, -0.2) is 25.0 Å². The van der Waals surface area contributed by atoms with Crippen molar-refractivity contribution in [1.82, 2.24) is 10.6 Å². The van der Waals surface area contributed by atoms with Crippen LogP contribution in [0.5, 0.6) is 0 Å². The maximum Gasteiger partial charge on any atom is 0.221 e. The summed E-state index contributed by atoms with van der Waals surface area (Å²) in [5, 5.41) is 6.27. The van der Waals surface area contributed by atoms with Crippen molar-refractivity contribution in [1.29, 1.82) is 0 Å². The van der Waals surface area contributed by atoms with Gasteiger partial charge in [0.25, 0.3) is 0 Å². The fraction of sp³-hybridized carbons (Fsp3) is 0.533. The first-order chi connectivity index (χ1) is 8.66. The van der Waals surface area contributed by atoms with Gasteiger partial charge in [0.2, 0.25) is 5.91 Å². The Kier molecular flexibility index (Phi) is 4.37. The summed E-state index contributed by atoms with van der Waals surface area (Å²) in [6.45, 7) is 5.70. The van der Waals surface area contributed by atoms with Crippen LogP contribution >= 0.6 is 0 Å². The molecule has 0 aliphatic heterocycles. The van der Waals surface area contributed by atoms with Gasteiger partial charge < -0.3 is 10.6 Å². The van der Waals surface area contributed by atoms with Gasteiger partial charge in [0.05, 0.1) is 0 Å². The van der Waals surface area contributed by atoms with Gasteiger partial charge in [-0.25, -0.2) is 0 Å². The third kappa shape index (κ3) is 3.33. The zero-order chi connectivity index (χ0) is 13.0. The zero-order valence-electron chi connectivity index (χ0n) is 11.2. The quantitative estimate of drug-likeness (QED) is 0.752. The Labute approximate surface area is 109 Å². The standard InChI is InChI=1S/C15H22N2O/c1-11(2)17-15(18)7-8-16-10-13-9-12-5-3-4-6-14(12)13/h3-6,11,13,16H,7-10H2,1-2H3,(H,17,18). The summed E-state index contributed by atoms with van der Waals surface area (Å²) in [5.41, 5.74) is 2.94. The molecule has 2 N–H and O–H groups in total. The van der Waals surface area contributed by atoms with Crippen molar-refractivity contribution in [2.24, 2.45) is 0 Å². The summed E-state index contributed by atoms with van der Waals surface area (Å²) in [6.07, 6.45) is 1.73. The van der Waals surface area contributed by atoms with Crippen LogP contribution in [0.3, 0.4) is 0 Å². The average molecular weight is 246 g/mol. The Balaban J connectivity index is 1.62. The second-order valence-corrected chi connectivity index (χ2v) is 5.28. The van der Waals surface area contributed by atoms with Gasteiger partial charge in [0, 0.05) is 31.5 Å². The lowest BCUT2D eigenvalue weighted by molar-refractivity contribution is -0.121. The first kappa shape index (κ1) is 13.1. The lowest BCUT2D eigenvalue weighted by atomic mass is 9.77. The third-order valence-electron chi connectivity index (χ3n) is 3.33. The average Bonchev–Trinajstić information content (AvgIpc) is 2.28. The molecule has 1 atom stereocenters. The summed E-state index contributed by atoms with van der Waals surface area (Å²) in [5.74, 6) is 0.765. The molecule has 1 amide bonds. The topological polar surface area (TPSA) is 41.1 Å². The van der Waals surface area contributed by atoms with Gasteiger partial charge in [0.1, 0.15) is 0 Å². The molecule has 1 aromatic rings. The minimum Gasteiger partial charge on any atom is -0.354 e. The summed E-state index contributed by atoms with van der Waals surface area (Å²) in [7, 11) is 0. The maximum atomic E-state index is 11.4. The highest BCUT2D eigenvalue weighted by molar-refractivity contribution is 5.76. The van der Waals surface area contributed by atoms with Gasteiger partial charge in [-0.2, -0.15) is 0 Å². The number of benzene rings is 1. The molecule has 18 heavy (non-hydrogen) atoms. The molecule has 0 heterocycles. The van der Waals surface area contributed by atoms with Crippen LogP contribution in [0.4, 0.5) is 0 Å². The normalized spacial score (nSPS) is 17.2. The second kappa shape index (κ2) is 6.01. The molecular formula is C15H22N2O. The van der Waals surface area contributed by atoms with Crippen molar-refractivity contribution < 1.29 is 4.79 Å². The Bertz CT molecular complexity index is 415. The van der Waals surface area contributed by atoms with Crippen molar-refractivity contribution >= 4 is 5.91 Å². The van der Waals surface area contributed by atoms with E-state index in [0.717, 1.165) is 13.1 Å². The van der Waals surface area contributed by atoms with E-state index < -0.39 is 0 Å². The van der Waals surface area contributed by atoms with E-state index in [1.54, 1.807) is 0 Å². The van der Waals surface area contributed by atoms with E-state index in [2.05, 4.69) is 34.9 Å². The van der Waals surface area contributed by atoms with E-state index in [9.17, 15) is 4.79 Å². The van der Waals surface area contributed by atoms with E-state index in [1.807, 2.05) is 13.8 Å². The van der Waals surface area contributed by atoms with Gasteiger partial charge in [-0.05, 0) is 31.4 Å². The molecule has 0 saturated heterocycles. The SMILES string of the molecule is CC(C)NC(=O)CCNCC1Cc2ccccc21. The molecule has 2 rings (SSSR count). The van der Waals surface area contributed by atoms with Crippen LogP contribution in [0.25, 0.3) is 0 Å². The number of nitrogens with one attached hydrogen (secondary N) is 2. The molecule has 0 saturated carbocycles. The number of carbonyl (C=O) groups is 1. The molecule has 0 bridgehead atoms. The Hall–Kier alpha value is -1.35. The van der Waals surface area contributed by atoms with Gasteiger partial charge in [-0.15, -0.1) is 0 Å². The number of amides is 1. The minimum absolute atomic E-state index is 0.131. The second-order valence-electron chi connectivity index (χ2n) is 5.28. The first-order valence-corrected chi connectivity index (χ1v) is 6.74. The predicted molar refractivity (Wildman–Crippen MR) is 73.7 cm³/mol. The Morgan fingerprint density at radius 2 is 2.17 bits per heavy atom. The Morgan fingerprint density at radius 3 is 2.89 bits per heavy atom.